The van der Waals surface area contributed by atoms with Crippen LogP contribution in [0, 0.1) is 5.82 Å². The second-order valence-corrected chi connectivity index (χ2v) is 6.17. The van der Waals surface area contributed by atoms with Gasteiger partial charge in [-0.15, -0.1) is 0 Å². The zero-order valence-corrected chi connectivity index (χ0v) is 14.9. The van der Waals surface area contributed by atoms with Crippen LogP contribution in [0.4, 0.5) is 10.1 Å². The van der Waals surface area contributed by atoms with Crippen molar-refractivity contribution in [2.45, 2.75) is 19.8 Å². The van der Waals surface area contributed by atoms with Crippen molar-refractivity contribution in [2.75, 3.05) is 44.6 Å². The number of nitrogens with one attached hydrogen (secondary N) is 2. The van der Waals surface area contributed by atoms with Crippen LogP contribution in [0.15, 0.2) is 24.3 Å². The number of esters is 1. The van der Waals surface area contributed by atoms with E-state index in [1.165, 1.54) is 24.3 Å². The SMILES string of the molecule is CCOC(=O)CCC(=O)N1CC[NH+](CC(=O)Nc2ccc(F)cc2)CC1. The van der Waals surface area contributed by atoms with Crippen LogP contribution in [0.1, 0.15) is 19.8 Å². The fourth-order valence-corrected chi connectivity index (χ4v) is 2.81. The van der Waals surface area contributed by atoms with Gasteiger partial charge in [0.25, 0.3) is 5.91 Å². The number of anilines is 1. The van der Waals surface area contributed by atoms with Crippen LogP contribution in [-0.4, -0.2) is 62.0 Å². The molecule has 1 heterocycles. The van der Waals surface area contributed by atoms with Crippen LogP contribution in [-0.2, 0) is 19.1 Å². The average Bonchev–Trinajstić information content (AvgIpc) is 2.62. The van der Waals surface area contributed by atoms with Crippen LogP contribution in [0.2, 0.25) is 0 Å². The molecule has 0 unspecified atom stereocenters. The van der Waals surface area contributed by atoms with Crippen molar-refractivity contribution >= 4 is 23.5 Å². The summed E-state index contributed by atoms with van der Waals surface area (Å²) in [5.41, 5.74) is 0.559. The number of amides is 2. The van der Waals surface area contributed by atoms with E-state index in [2.05, 4.69) is 5.32 Å². The lowest BCUT2D eigenvalue weighted by atomic mass is 10.2. The van der Waals surface area contributed by atoms with Crippen molar-refractivity contribution < 1.29 is 28.4 Å². The Morgan fingerprint density at radius 3 is 2.42 bits per heavy atom. The molecule has 26 heavy (non-hydrogen) atoms. The summed E-state index contributed by atoms with van der Waals surface area (Å²) in [6.45, 7) is 4.79. The third-order valence-electron chi connectivity index (χ3n) is 4.21. The van der Waals surface area contributed by atoms with E-state index in [0.717, 1.165) is 4.90 Å². The molecule has 2 rings (SSSR count). The van der Waals surface area contributed by atoms with E-state index in [4.69, 9.17) is 4.74 Å². The molecule has 0 spiro atoms. The van der Waals surface area contributed by atoms with Gasteiger partial charge in [0.05, 0.1) is 39.2 Å². The third-order valence-corrected chi connectivity index (χ3v) is 4.21. The van der Waals surface area contributed by atoms with E-state index in [1.807, 2.05) is 0 Å². The molecule has 8 heteroatoms. The third kappa shape index (κ3) is 6.44. The molecule has 1 saturated heterocycles. The van der Waals surface area contributed by atoms with Gasteiger partial charge in [-0.05, 0) is 31.2 Å². The summed E-state index contributed by atoms with van der Waals surface area (Å²) in [5.74, 6) is -0.915. The normalized spacial score (nSPS) is 14.8. The highest BCUT2D eigenvalue weighted by molar-refractivity contribution is 5.91. The number of rotatable bonds is 7. The number of carbonyl (C=O) groups excluding carboxylic acids is 3. The van der Waals surface area contributed by atoms with Gasteiger partial charge in [-0.3, -0.25) is 14.4 Å². The van der Waals surface area contributed by atoms with Gasteiger partial charge in [0, 0.05) is 12.1 Å². The lowest BCUT2D eigenvalue weighted by Gasteiger charge is -2.31. The Balaban J connectivity index is 1.69. The molecule has 1 aromatic rings. The summed E-state index contributed by atoms with van der Waals surface area (Å²) < 4.78 is 17.7. The van der Waals surface area contributed by atoms with E-state index >= 15 is 0 Å². The Morgan fingerprint density at radius 2 is 1.81 bits per heavy atom. The van der Waals surface area contributed by atoms with Gasteiger partial charge in [0.15, 0.2) is 6.54 Å². The van der Waals surface area contributed by atoms with E-state index in [-0.39, 0.29) is 36.4 Å². The molecule has 0 saturated carbocycles. The van der Waals surface area contributed by atoms with Crippen LogP contribution < -0.4 is 10.2 Å². The number of nitrogens with zero attached hydrogens (tertiary/aromatic N) is 1. The molecule has 0 radical (unpaired) electrons. The molecule has 2 N–H and O–H groups in total. The molecule has 0 aromatic heterocycles. The van der Waals surface area contributed by atoms with Gasteiger partial charge >= 0.3 is 5.97 Å². The number of halogens is 1. The molecule has 0 bridgehead atoms. The van der Waals surface area contributed by atoms with E-state index in [9.17, 15) is 18.8 Å². The van der Waals surface area contributed by atoms with Gasteiger partial charge in [-0.25, -0.2) is 4.39 Å². The Labute approximate surface area is 152 Å². The minimum absolute atomic E-state index is 0.0622. The Morgan fingerprint density at radius 1 is 1.15 bits per heavy atom. The maximum Gasteiger partial charge on any atom is 0.306 e. The summed E-state index contributed by atoms with van der Waals surface area (Å²) in [4.78, 5) is 38.3. The van der Waals surface area contributed by atoms with Crippen molar-refractivity contribution in [1.82, 2.24) is 4.90 Å². The van der Waals surface area contributed by atoms with E-state index in [1.54, 1.807) is 11.8 Å². The summed E-state index contributed by atoms with van der Waals surface area (Å²) in [6, 6.07) is 5.62. The number of piperazine rings is 1. The number of quaternary nitrogens is 1. The number of benzene rings is 1. The Bertz CT molecular complexity index is 628. The standard InChI is InChI=1S/C18H24FN3O4/c1-2-26-18(25)8-7-17(24)22-11-9-21(10-12-22)13-16(23)20-15-5-3-14(19)4-6-15/h3-6H,2,7-13H2,1H3,(H,20,23)/p+1. The second-order valence-electron chi connectivity index (χ2n) is 6.17. The van der Waals surface area contributed by atoms with Crippen molar-refractivity contribution in [3.8, 4) is 0 Å². The van der Waals surface area contributed by atoms with Gasteiger partial charge in [-0.1, -0.05) is 0 Å². The zero-order valence-electron chi connectivity index (χ0n) is 14.9. The lowest BCUT2D eigenvalue weighted by Crippen LogP contribution is -3.15. The fourth-order valence-electron chi connectivity index (χ4n) is 2.81. The number of hydrogen-bond acceptors (Lipinski definition) is 4. The summed E-state index contributed by atoms with van der Waals surface area (Å²) in [5, 5.41) is 2.74. The predicted octanol–water partition coefficient (Wildman–Crippen LogP) is -0.165. The highest BCUT2D eigenvalue weighted by atomic mass is 19.1. The topological polar surface area (TPSA) is 80.2 Å². The van der Waals surface area contributed by atoms with Crippen molar-refractivity contribution in [3.63, 3.8) is 0 Å². The number of hydrogen-bond donors (Lipinski definition) is 2. The summed E-state index contributed by atoms with van der Waals surface area (Å²) >= 11 is 0. The molecule has 2 amide bonds. The first-order valence-electron chi connectivity index (χ1n) is 8.80. The number of carbonyl (C=O) groups is 3. The van der Waals surface area contributed by atoms with Crippen LogP contribution in [0.5, 0.6) is 0 Å². The highest BCUT2D eigenvalue weighted by Crippen LogP contribution is 2.07. The maximum atomic E-state index is 12.9. The molecule has 1 fully saturated rings. The molecular weight excluding hydrogens is 341 g/mol. The van der Waals surface area contributed by atoms with Gasteiger partial charge in [0.1, 0.15) is 5.82 Å². The first-order chi connectivity index (χ1) is 12.5. The van der Waals surface area contributed by atoms with Crippen LogP contribution in [0.25, 0.3) is 0 Å². The molecule has 7 nitrogen and oxygen atoms in total. The second kappa shape index (κ2) is 9.86. The van der Waals surface area contributed by atoms with Crippen molar-refractivity contribution in [2.24, 2.45) is 0 Å². The van der Waals surface area contributed by atoms with Crippen LogP contribution in [0.3, 0.4) is 0 Å². The quantitative estimate of drug-likeness (QED) is 0.657. The maximum absolute atomic E-state index is 12.9. The minimum Gasteiger partial charge on any atom is -0.466 e. The summed E-state index contributed by atoms with van der Waals surface area (Å²) in [6.07, 6.45) is 0.249. The van der Waals surface area contributed by atoms with E-state index < -0.39 is 0 Å². The largest absolute Gasteiger partial charge is 0.466 e. The zero-order chi connectivity index (χ0) is 18.9. The average molecular weight is 366 g/mol. The van der Waals surface area contributed by atoms with Gasteiger partial charge < -0.3 is 19.9 Å². The number of ether oxygens (including phenoxy) is 1. The molecule has 1 aliphatic rings. The Kier molecular flexibility index (Phi) is 7.53. The molecule has 0 atom stereocenters. The molecule has 1 aromatic carbocycles. The van der Waals surface area contributed by atoms with Gasteiger partial charge in [0.2, 0.25) is 5.91 Å². The first-order valence-corrected chi connectivity index (χ1v) is 8.80. The molecule has 142 valence electrons. The molecular formula is C18H25FN3O4+. The monoisotopic (exact) mass is 366 g/mol. The fraction of sp³-hybridized carbons (Fsp3) is 0.500. The summed E-state index contributed by atoms with van der Waals surface area (Å²) in [7, 11) is 0. The van der Waals surface area contributed by atoms with Crippen molar-refractivity contribution in [3.05, 3.63) is 30.1 Å². The lowest BCUT2D eigenvalue weighted by molar-refractivity contribution is -0.895. The predicted molar refractivity (Wildman–Crippen MR) is 93.0 cm³/mol. The first kappa shape index (κ1) is 19.8. The Hall–Kier alpha value is -2.48. The van der Waals surface area contributed by atoms with Gasteiger partial charge in [-0.2, -0.15) is 0 Å². The molecule has 1 aliphatic heterocycles. The molecule has 0 aliphatic carbocycles. The highest BCUT2D eigenvalue weighted by Gasteiger charge is 2.25. The minimum atomic E-state index is -0.359. The van der Waals surface area contributed by atoms with Crippen LogP contribution >= 0.6 is 0 Å². The smallest absolute Gasteiger partial charge is 0.306 e. The van der Waals surface area contributed by atoms with E-state index in [0.29, 0.717) is 45.0 Å². The van der Waals surface area contributed by atoms with Crippen molar-refractivity contribution in [1.29, 1.82) is 0 Å².